The van der Waals surface area contributed by atoms with Crippen LogP contribution in [0.15, 0.2) is 79.4 Å². The molecule has 0 aliphatic carbocycles. The van der Waals surface area contributed by atoms with E-state index in [9.17, 15) is 0 Å². The van der Waals surface area contributed by atoms with E-state index in [4.69, 9.17) is 10.00 Å². The van der Waals surface area contributed by atoms with Crippen molar-refractivity contribution >= 4 is 22.8 Å². The number of hydrogen-bond donors (Lipinski definition) is 2. The van der Waals surface area contributed by atoms with Crippen molar-refractivity contribution in [3.05, 3.63) is 84.9 Å². The van der Waals surface area contributed by atoms with Gasteiger partial charge in [-0.3, -0.25) is 0 Å². The van der Waals surface area contributed by atoms with Crippen LogP contribution in [0, 0.1) is 11.3 Å². The van der Waals surface area contributed by atoms with Gasteiger partial charge in [0, 0.05) is 17.8 Å². The molecule has 0 radical (unpaired) electrons. The average Bonchev–Trinajstić information content (AvgIpc) is 3.30. The van der Waals surface area contributed by atoms with Gasteiger partial charge < -0.3 is 15.0 Å². The summed E-state index contributed by atoms with van der Waals surface area (Å²) >= 11 is 0. The lowest BCUT2D eigenvalue weighted by Gasteiger charge is -2.09. The fourth-order valence-electron chi connectivity index (χ4n) is 3.10. The molecule has 0 saturated heterocycles. The number of aromatic nitrogens is 5. The van der Waals surface area contributed by atoms with E-state index in [1.165, 1.54) is 0 Å². The van der Waals surface area contributed by atoms with Crippen molar-refractivity contribution < 1.29 is 9.72 Å². The Morgan fingerprint density at radius 2 is 1.65 bits per heavy atom. The van der Waals surface area contributed by atoms with Crippen molar-refractivity contribution in [3.63, 3.8) is 0 Å². The number of anilines is 2. The molecule has 31 heavy (non-hydrogen) atoms. The van der Waals surface area contributed by atoms with Gasteiger partial charge in [-0.05, 0) is 47.5 Å². The summed E-state index contributed by atoms with van der Waals surface area (Å²) in [5.74, 6) is 1.35. The van der Waals surface area contributed by atoms with E-state index in [0.29, 0.717) is 34.3 Å². The number of nitrogens with one attached hydrogen (secondary N) is 3. The molecule has 3 N–H and O–H groups in total. The second-order valence-corrected chi connectivity index (χ2v) is 6.68. The maximum Gasteiger partial charge on any atom is 0.250 e. The number of fused-ring (bicyclic) bond motifs is 1. The lowest BCUT2D eigenvalue weighted by Crippen LogP contribution is -2.00. The van der Waals surface area contributed by atoms with Crippen LogP contribution in [0.1, 0.15) is 5.56 Å². The summed E-state index contributed by atoms with van der Waals surface area (Å²) in [6.07, 6.45) is 5.32. The highest BCUT2D eigenvalue weighted by Crippen LogP contribution is 2.29. The highest BCUT2D eigenvalue weighted by atomic mass is 16.5. The number of aromatic amines is 2. The van der Waals surface area contributed by atoms with Crippen LogP contribution in [0.4, 0.5) is 11.6 Å². The van der Waals surface area contributed by atoms with E-state index >= 15 is 0 Å². The molecule has 2 aromatic carbocycles. The summed E-state index contributed by atoms with van der Waals surface area (Å²) in [6.45, 7) is 0. The number of hydrogen-bond acceptors (Lipinski definition) is 6. The van der Waals surface area contributed by atoms with E-state index in [1.807, 2.05) is 48.8 Å². The maximum atomic E-state index is 8.95. The van der Waals surface area contributed by atoms with Gasteiger partial charge >= 0.3 is 0 Å². The summed E-state index contributed by atoms with van der Waals surface area (Å²) < 4.78 is 6.04. The van der Waals surface area contributed by atoms with Gasteiger partial charge in [-0.15, -0.1) is 0 Å². The standard InChI is InChI=1S/C23H15N7O/c24-13-15-1-5-18(6-2-15)28-23-29-21-20(26-14-27-21)22(30-23)31-19-7-3-16(4-8-19)17-9-11-25-12-10-17/h1-12,14H,(H2,26,27,28,29,30)/p+1. The summed E-state index contributed by atoms with van der Waals surface area (Å²) in [4.78, 5) is 19.2. The van der Waals surface area contributed by atoms with Crippen LogP contribution in [0.25, 0.3) is 22.3 Å². The number of H-pyrrole nitrogens is 2. The van der Waals surface area contributed by atoms with Crippen LogP contribution in [0.3, 0.4) is 0 Å². The Labute approximate surface area is 177 Å². The van der Waals surface area contributed by atoms with Gasteiger partial charge in [0.15, 0.2) is 18.0 Å². The smallest absolute Gasteiger partial charge is 0.250 e. The monoisotopic (exact) mass is 406 g/mol. The first-order valence-electron chi connectivity index (χ1n) is 9.51. The zero-order valence-electron chi connectivity index (χ0n) is 16.2. The number of nitriles is 1. The first-order valence-corrected chi connectivity index (χ1v) is 9.51. The predicted molar refractivity (Wildman–Crippen MR) is 115 cm³/mol. The van der Waals surface area contributed by atoms with Crippen LogP contribution in [0.5, 0.6) is 11.6 Å². The van der Waals surface area contributed by atoms with E-state index in [1.54, 1.807) is 30.6 Å². The maximum absolute atomic E-state index is 8.95. The molecule has 0 aliphatic rings. The number of pyridine rings is 1. The van der Waals surface area contributed by atoms with Crippen molar-refractivity contribution in [2.75, 3.05) is 5.32 Å². The normalized spacial score (nSPS) is 10.5. The van der Waals surface area contributed by atoms with Crippen molar-refractivity contribution in [1.29, 1.82) is 5.26 Å². The van der Waals surface area contributed by atoms with Gasteiger partial charge in [0.05, 0.1) is 18.0 Å². The molecule has 0 fully saturated rings. The van der Waals surface area contributed by atoms with Crippen LogP contribution >= 0.6 is 0 Å². The Hall–Kier alpha value is -4.77. The first kappa shape index (κ1) is 18.3. The second-order valence-electron chi connectivity index (χ2n) is 6.68. The lowest BCUT2D eigenvalue weighted by molar-refractivity contribution is -0.377. The van der Waals surface area contributed by atoms with Crippen LogP contribution in [0.2, 0.25) is 0 Å². The zero-order chi connectivity index (χ0) is 21.0. The first-order chi connectivity index (χ1) is 15.3. The molecule has 8 heteroatoms. The van der Waals surface area contributed by atoms with Gasteiger partial charge in [0.1, 0.15) is 11.3 Å². The SMILES string of the molecule is N#Cc1ccc(Nc2nc(Oc3ccc(-c4cc[nH+]cc4)cc3)c3[nH]cnc3n2)cc1. The molecule has 5 rings (SSSR count). The molecule has 0 saturated carbocycles. The third kappa shape index (κ3) is 3.88. The molecule has 3 aromatic heterocycles. The number of imidazole rings is 1. The largest absolute Gasteiger partial charge is 0.437 e. The van der Waals surface area contributed by atoms with E-state index < -0.39 is 0 Å². The fraction of sp³-hybridized carbons (Fsp3) is 0. The van der Waals surface area contributed by atoms with Crippen molar-refractivity contribution in [2.45, 2.75) is 0 Å². The molecule has 0 atom stereocenters. The Morgan fingerprint density at radius 3 is 2.39 bits per heavy atom. The molecule has 0 aliphatic heterocycles. The van der Waals surface area contributed by atoms with Gasteiger partial charge in [0.25, 0.3) is 5.88 Å². The highest BCUT2D eigenvalue weighted by Gasteiger charge is 2.13. The average molecular weight is 406 g/mol. The zero-order valence-corrected chi connectivity index (χ0v) is 16.2. The van der Waals surface area contributed by atoms with Crippen LogP contribution in [-0.2, 0) is 0 Å². The second kappa shape index (κ2) is 7.93. The molecule has 0 amide bonds. The molecular formula is C23H16N7O+. The minimum absolute atomic E-state index is 0.344. The Bertz CT molecular complexity index is 1370. The van der Waals surface area contributed by atoms with Gasteiger partial charge in [-0.1, -0.05) is 12.1 Å². The minimum atomic E-state index is 0.344. The molecule has 0 unspecified atom stereocenters. The van der Waals surface area contributed by atoms with Crippen molar-refractivity contribution in [1.82, 2.24) is 19.9 Å². The third-order valence-electron chi connectivity index (χ3n) is 4.64. The number of rotatable bonds is 5. The summed E-state index contributed by atoms with van der Waals surface area (Å²) in [5, 5.41) is 12.1. The highest BCUT2D eigenvalue weighted by molar-refractivity contribution is 5.78. The van der Waals surface area contributed by atoms with E-state index in [0.717, 1.165) is 16.8 Å². The van der Waals surface area contributed by atoms with Gasteiger partial charge in [-0.2, -0.15) is 15.2 Å². The summed E-state index contributed by atoms with van der Waals surface area (Å²) in [7, 11) is 0. The number of benzene rings is 2. The quantitative estimate of drug-likeness (QED) is 0.451. The van der Waals surface area contributed by atoms with Crippen molar-refractivity contribution in [2.24, 2.45) is 0 Å². The van der Waals surface area contributed by atoms with Crippen molar-refractivity contribution in [3.8, 4) is 28.8 Å². The number of nitrogens with zero attached hydrogens (tertiary/aromatic N) is 4. The molecule has 148 valence electrons. The Morgan fingerprint density at radius 1 is 0.903 bits per heavy atom. The molecule has 0 spiro atoms. The van der Waals surface area contributed by atoms with Gasteiger partial charge in [0.2, 0.25) is 5.95 Å². The molecule has 8 nitrogen and oxygen atoms in total. The van der Waals surface area contributed by atoms with Crippen LogP contribution in [-0.4, -0.2) is 19.9 Å². The molecule has 0 bridgehead atoms. The van der Waals surface area contributed by atoms with Gasteiger partial charge in [-0.25, -0.2) is 9.97 Å². The third-order valence-corrected chi connectivity index (χ3v) is 4.64. The van der Waals surface area contributed by atoms with E-state index in [2.05, 4.69) is 36.3 Å². The predicted octanol–water partition coefficient (Wildman–Crippen LogP) is 4.24. The molecular weight excluding hydrogens is 390 g/mol. The topological polar surface area (TPSA) is 114 Å². The van der Waals surface area contributed by atoms with E-state index in [-0.39, 0.29) is 0 Å². The molecule has 5 aromatic rings. The van der Waals surface area contributed by atoms with Crippen LogP contribution < -0.4 is 15.0 Å². The lowest BCUT2D eigenvalue weighted by atomic mass is 10.1. The Kier molecular flexibility index (Phi) is 4.67. The minimum Gasteiger partial charge on any atom is -0.437 e. The Balaban J connectivity index is 1.42. The molecule has 3 heterocycles. The summed E-state index contributed by atoms with van der Waals surface area (Å²) in [5.41, 5.74) is 4.61. The number of ether oxygens (including phenoxy) is 1. The summed E-state index contributed by atoms with van der Waals surface area (Å²) in [6, 6.07) is 20.9. The fourth-order valence-corrected chi connectivity index (χ4v) is 3.10.